The molecule has 0 saturated heterocycles. The highest BCUT2D eigenvalue weighted by Gasteiger charge is 2.23. The van der Waals surface area contributed by atoms with E-state index in [-0.39, 0.29) is 44.4 Å². The Hall–Kier alpha value is -3.10. The first-order chi connectivity index (χ1) is 16.8. The van der Waals surface area contributed by atoms with E-state index in [1.54, 1.807) is 12.1 Å². The van der Waals surface area contributed by atoms with E-state index in [1.165, 1.54) is 0 Å². The van der Waals surface area contributed by atoms with Crippen molar-refractivity contribution in [3.8, 4) is 17.2 Å². The quantitative estimate of drug-likeness (QED) is 0.237. The maximum Gasteiger partial charge on any atom is 0.146 e. The summed E-state index contributed by atoms with van der Waals surface area (Å²) in [7, 11) is 0. The molecule has 0 bridgehead atoms. The van der Waals surface area contributed by atoms with Crippen LogP contribution in [-0.4, -0.2) is 60.7 Å². The number of benzene rings is 3. The summed E-state index contributed by atoms with van der Waals surface area (Å²) in [4.78, 5) is 0. The molecule has 3 aromatic rings. The standard InChI is InChI=1S/C28H34O7/c1-28(2,21-8-12-23(29)13-9-21)22-10-14-27(15-11-22)35-19-25(31)17-33-20-32-16-24(30)18-34-26-6-4-3-5-7-26/h3-15,24-25,29-31H,16-20H2,1-2H3. The number of phenols is 1. The summed E-state index contributed by atoms with van der Waals surface area (Å²) in [6, 6.07) is 24.2. The third kappa shape index (κ3) is 8.56. The van der Waals surface area contributed by atoms with Gasteiger partial charge in [-0.3, -0.25) is 0 Å². The van der Waals surface area contributed by atoms with Gasteiger partial charge in [-0.1, -0.05) is 56.3 Å². The zero-order valence-corrected chi connectivity index (χ0v) is 20.2. The second-order valence-corrected chi connectivity index (χ2v) is 8.80. The number of aromatic hydroxyl groups is 1. The molecule has 0 aromatic heterocycles. The highest BCUT2D eigenvalue weighted by molar-refractivity contribution is 5.41. The molecule has 7 heteroatoms. The molecule has 3 N–H and O–H groups in total. The van der Waals surface area contributed by atoms with Crippen molar-refractivity contribution in [1.82, 2.24) is 0 Å². The number of hydrogen-bond donors (Lipinski definition) is 3. The lowest BCUT2D eigenvalue weighted by molar-refractivity contribution is -0.104. The monoisotopic (exact) mass is 482 g/mol. The van der Waals surface area contributed by atoms with E-state index in [0.29, 0.717) is 11.5 Å². The van der Waals surface area contributed by atoms with Crippen LogP contribution in [0.5, 0.6) is 17.2 Å². The van der Waals surface area contributed by atoms with Crippen molar-refractivity contribution in [2.24, 2.45) is 0 Å². The molecule has 0 saturated carbocycles. The van der Waals surface area contributed by atoms with Crippen LogP contribution in [0.15, 0.2) is 78.9 Å². The minimum absolute atomic E-state index is 0.0442. The predicted octanol–water partition coefficient (Wildman–Crippen LogP) is 3.89. The zero-order chi connectivity index (χ0) is 25.1. The predicted molar refractivity (Wildman–Crippen MR) is 133 cm³/mol. The molecule has 0 aliphatic rings. The van der Waals surface area contributed by atoms with E-state index >= 15 is 0 Å². The van der Waals surface area contributed by atoms with Crippen LogP contribution >= 0.6 is 0 Å². The fourth-order valence-electron chi connectivity index (χ4n) is 3.44. The topological polar surface area (TPSA) is 97.6 Å². The van der Waals surface area contributed by atoms with Crippen LogP contribution in [-0.2, 0) is 14.9 Å². The van der Waals surface area contributed by atoms with Gasteiger partial charge in [-0.25, -0.2) is 0 Å². The maximum absolute atomic E-state index is 10.1. The summed E-state index contributed by atoms with van der Waals surface area (Å²) in [5, 5.41) is 29.5. The van der Waals surface area contributed by atoms with Crippen LogP contribution in [0.1, 0.15) is 25.0 Å². The van der Waals surface area contributed by atoms with Gasteiger partial charge in [-0.05, 0) is 47.5 Å². The van der Waals surface area contributed by atoms with E-state index < -0.39 is 12.2 Å². The van der Waals surface area contributed by atoms with Gasteiger partial charge in [0, 0.05) is 5.41 Å². The lowest BCUT2D eigenvalue weighted by atomic mass is 9.78. The van der Waals surface area contributed by atoms with Gasteiger partial charge < -0.3 is 34.3 Å². The van der Waals surface area contributed by atoms with Crippen molar-refractivity contribution < 1.29 is 34.3 Å². The Morgan fingerprint density at radius 1 is 0.629 bits per heavy atom. The van der Waals surface area contributed by atoms with Gasteiger partial charge in [0.1, 0.15) is 49.5 Å². The number of aliphatic hydroxyl groups is 2. The molecule has 2 unspecified atom stereocenters. The second-order valence-electron chi connectivity index (χ2n) is 8.80. The molecular weight excluding hydrogens is 448 g/mol. The zero-order valence-electron chi connectivity index (χ0n) is 20.2. The first-order valence-electron chi connectivity index (χ1n) is 11.6. The molecule has 0 radical (unpaired) electrons. The van der Waals surface area contributed by atoms with Gasteiger partial charge in [-0.15, -0.1) is 0 Å². The molecule has 3 rings (SSSR count). The molecule has 0 aliphatic heterocycles. The Balaban J connectivity index is 1.31. The molecule has 0 amide bonds. The van der Waals surface area contributed by atoms with E-state index in [2.05, 4.69) is 13.8 Å². The fraction of sp³-hybridized carbons (Fsp3) is 0.357. The normalized spacial score (nSPS) is 13.3. The van der Waals surface area contributed by atoms with Crippen LogP contribution in [0.25, 0.3) is 0 Å². The van der Waals surface area contributed by atoms with E-state index in [0.717, 1.165) is 11.1 Å². The summed E-state index contributed by atoms with van der Waals surface area (Å²) < 4.78 is 21.7. The summed E-state index contributed by atoms with van der Waals surface area (Å²) in [6.07, 6.45) is -1.60. The molecule has 3 aromatic carbocycles. The SMILES string of the molecule is CC(C)(c1ccc(O)cc1)c1ccc(OCC(O)COCOCC(O)COc2ccccc2)cc1. The third-order valence-electron chi connectivity index (χ3n) is 5.58. The van der Waals surface area contributed by atoms with Crippen molar-refractivity contribution in [3.05, 3.63) is 90.0 Å². The molecule has 0 fully saturated rings. The van der Waals surface area contributed by atoms with Gasteiger partial charge in [0.05, 0.1) is 13.2 Å². The van der Waals surface area contributed by atoms with E-state index in [9.17, 15) is 15.3 Å². The smallest absolute Gasteiger partial charge is 0.146 e. The Bertz CT molecular complexity index is 988. The molecule has 7 nitrogen and oxygen atoms in total. The first kappa shape index (κ1) is 26.5. The Morgan fingerprint density at radius 2 is 1.09 bits per heavy atom. The van der Waals surface area contributed by atoms with Crippen LogP contribution < -0.4 is 9.47 Å². The molecule has 0 aliphatic carbocycles. The van der Waals surface area contributed by atoms with Gasteiger partial charge in [0.15, 0.2) is 0 Å². The Labute approximate surface area is 206 Å². The third-order valence-corrected chi connectivity index (χ3v) is 5.58. The average molecular weight is 483 g/mol. The Kier molecular flexibility index (Phi) is 9.93. The first-order valence-corrected chi connectivity index (χ1v) is 11.6. The number of para-hydroxylation sites is 1. The molecule has 2 atom stereocenters. The minimum Gasteiger partial charge on any atom is -0.508 e. The van der Waals surface area contributed by atoms with Gasteiger partial charge >= 0.3 is 0 Å². The van der Waals surface area contributed by atoms with Gasteiger partial charge in [-0.2, -0.15) is 0 Å². The van der Waals surface area contributed by atoms with Crippen LogP contribution in [0, 0.1) is 0 Å². The number of aliphatic hydroxyl groups excluding tert-OH is 2. The lowest BCUT2D eigenvalue weighted by Crippen LogP contribution is -2.26. The average Bonchev–Trinajstić information content (AvgIpc) is 2.87. The van der Waals surface area contributed by atoms with Gasteiger partial charge in [0.25, 0.3) is 0 Å². The molecule has 0 spiro atoms. The molecular formula is C28H34O7. The fourth-order valence-corrected chi connectivity index (χ4v) is 3.44. The van der Waals surface area contributed by atoms with Crippen molar-refractivity contribution in [2.45, 2.75) is 31.5 Å². The largest absolute Gasteiger partial charge is 0.508 e. The van der Waals surface area contributed by atoms with Crippen LogP contribution in [0.2, 0.25) is 0 Å². The van der Waals surface area contributed by atoms with Crippen LogP contribution in [0.3, 0.4) is 0 Å². The number of rotatable bonds is 14. The molecule has 35 heavy (non-hydrogen) atoms. The minimum atomic E-state index is -0.821. The Morgan fingerprint density at radius 3 is 1.60 bits per heavy atom. The summed E-state index contributed by atoms with van der Waals surface area (Å²) in [5.74, 6) is 1.57. The van der Waals surface area contributed by atoms with Crippen molar-refractivity contribution in [1.29, 1.82) is 0 Å². The molecule has 188 valence electrons. The van der Waals surface area contributed by atoms with Crippen molar-refractivity contribution in [2.75, 3.05) is 33.2 Å². The van der Waals surface area contributed by atoms with Crippen LogP contribution in [0.4, 0.5) is 0 Å². The highest BCUT2D eigenvalue weighted by atomic mass is 16.7. The summed E-state index contributed by atoms with van der Waals surface area (Å²) in [6.45, 7) is 4.48. The van der Waals surface area contributed by atoms with E-state index in [1.807, 2.05) is 66.7 Å². The molecule has 0 heterocycles. The van der Waals surface area contributed by atoms with Crippen molar-refractivity contribution >= 4 is 0 Å². The number of phenolic OH excluding ortho intramolecular Hbond substituents is 1. The van der Waals surface area contributed by atoms with E-state index in [4.69, 9.17) is 18.9 Å². The van der Waals surface area contributed by atoms with Gasteiger partial charge in [0.2, 0.25) is 0 Å². The maximum atomic E-state index is 10.1. The summed E-state index contributed by atoms with van der Waals surface area (Å²) in [5.41, 5.74) is 1.96. The number of ether oxygens (including phenoxy) is 4. The second kappa shape index (κ2) is 13.1. The highest BCUT2D eigenvalue weighted by Crippen LogP contribution is 2.33. The number of hydrogen-bond acceptors (Lipinski definition) is 7. The lowest BCUT2D eigenvalue weighted by Gasteiger charge is -2.26. The summed E-state index contributed by atoms with van der Waals surface area (Å²) >= 11 is 0. The van der Waals surface area contributed by atoms with Crippen molar-refractivity contribution in [3.63, 3.8) is 0 Å².